The number of nitrogens with one attached hydrogen (secondary N) is 1. The molecule has 1 rings (SSSR count). The van der Waals surface area contributed by atoms with Crippen LogP contribution in [0.25, 0.3) is 0 Å². The van der Waals surface area contributed by atoms with Crippen LogP contribution in [0.4, 0.5) is 0 Å². The van der Waals surface area contributed by atoms with Gasteiger partial charge in [-0.1, -0.05) is 53.7 Å². The number of phenolic OH excluding ortho intramolecular Hbond substituents is 1. The van der Waals surface area contributed by atoms with E-state index in [0.717, 1.165) is 16.7 Å². The summed E-state index contributed by atoms with van der Waals surface area (Å²) >= 11 is 0. The molecular formula is C18H31NO2. The Morgan fingerprint density at radius 2 is 1.43 bits per heavy atom. The van der Waals surface area contributed by atoms with E-state index in [0.29, 0.717) is 12.3 Å². The molecule has 0 fully saturated rings. The van der Waals surface area contributed by atoms with E-state index in [2.05, 4.69) is 59.0 Å². The summed E-state index contributed by atoms with van der Waals surface area (Å²) in [4.78, 5) is 0. The minimum atomic E-state index is -0.108. The van der Waals surface area contributed by atoms with Crippen molar-refractivity contribution in [2.45, 2.75) is 71.9 Å². The molecule has 0 spiro atoms. The first kappa shape index (κ1) is 18.0. The highest BCUT2D eigenvalue weighted by atomic mass is 16.3. The Balaban J connectivity index is 3.27. The summed E-state index contributed by atoms with van der Waals surface area (Å²) in [5, 5.41) is 23.1. The number of rotatable bonds is 4. The van der Waals surface area contributed by atoms with Gasteiger partial charge >= 0.3 is 0 Å². The SMILES string of the molecule is CC(CO)NCc1cc(C(C)(C)C)c(O)c(C(C)(C)C)c1. The van der Waals surface area contributed by atoms with Crippen LogP contribution >= 0.6 is 0 Å². The molecule has 1 aromatic rings. The van der Waals surface area contributed by atoms with Gasteiger partial charge in [-0.25, -0.2) is 0 Å². The largest absolute Gasteiger partial charge is 0.507 e. The summed E-state index contributed by atoms with van der Waals surface area (Å²) < 4.78 is 0. The van der Waals surface area contributed by atoms with E-state index in [9.17, 15) is 5.11 Å². The molecule has 0 amide bonds. The molecule has 3 heteroatoms. The normalized spacial score (nSPS) is 14.3. The third-order valence-corrected chi connectivity index (χ3v) is 3.71. The highest BCUT2D eigenvalue weighted by Gasteiger charge is 2.26. The van der Waals surface area contributed by atoms with Gasteiger partial charge in [0.2, 0.25) is 0 Å². The van der Waals surface area contributed by atoms with Crippen LogP contribution in [-0.2, 0) is 17.4 Å². The van der Waals surface area contributed by atoms with Crippen LogP contribution in [0.2, 0.25) is 0 Å². The quantitative estimate of drug-likeness (QED) is 0.797. The lowest BCUT2D eigenvalue weighted by Gasteiger charge is -2.28. The van der Waals surface area contributed by atoms with Gasteiger partial charge in [-0.2, -0.15) is 0 Å². The van der Waals surface area contributed by atoms with Crippen LogP contribution in [0.15, 0.2) is 12.1 Å². The Kier molecular flexibility index (Phi) is 5.46. The third kappa shape index (κ3) is 4.72. The van der Waals surface area contributed by atoms with Gasteiger partial charge in [0, 0.05) is 12.6 Å². The highest BCUT2D eigenvalue weighted by molar-refractivity contribution is 5.49. The van der Waals surface area contributed by atoms with Gasteiger partial charge in [-0.3, -0.25) is 0 Å². The first-order valence-electron chi connectivity index (χ1n) is 7.68. The molecule has 0 radical (unpaired) electrons. The maximum atomic E-state index is 10.6. The predicted molar refractivity (Wildman–Crippen MR) is 88.9 cm³/mol. The van der Waals surface area contributed by atoms with Gasteiger partial charge in [0.25, 0.3) is 0 Å². The van der Waals surface area contributed by atoms with E-state index >= 15 is 0 Å². The molecule has 3 N–H and O–H groups in total. The molecule has 0 heterocycles. The summed E-state index contributed by atoms with van der Waals surface area (Å²) in [6, 6.07) is 4.21. The number of hydrogen-bond acceptors (Lipinski definition) is 3. The molecule has 0 saturated heterocycles. The molecule has 0 saturated carbocycles. The van der Waals surface area contributed by atoms with Crippen molar-refractivity contribution >= 4 is 0 Å². The molecular weight excluding hydrogens is 262 g/mol. The molecule has 21 heavy (non-hydrogen) atoms. The fourth-order valence-corrected chi connectivity index (χ4v) is 2.30. The fourth-order valence-electron chi connectivity index (χ4n) is 2.30. The van der Waals surface area contributed by atoms with E-state index < -0.39 is 0 Å². The smallest absolute Gasteiger partial charge is 0.123 e. The second kappa shape index (κ2) is 6.37. The number of phenols is 1. The number of benzene rings is 1. The van der Waals surface area contributed by atoms with Gasteiger partial charge in [0.05, 0.1) is 6.61 Å². The van der Waals surface area contributed by atoms with Crippen molar-refractivity contribution in [2.75, 3.05) is 6.61 Å². The van der Waals surface area contributed by atoms with Crippen LogP contribution < -0.4 is 5.32 Å². The first-order valence-corrected chi connectivity index (χ1v) is 7.68. The molecule has 3 nitrogen and oxygen atoms in total. The summed E-state index contributed by atoms with van der Waals surface area (Å²) in [7, 11) is 0. The van der Waals surface area contributed by atoms with Crippen molar-refractivity contribution in [3.8, 4) is 5.75 Å². The topological polar surface area (TPSA) is 52.5 Å². The van der Waals surface area contributed by atoms with Crippen molar-refractivity contribution in [3.05, 3.63) is 28.8 Å². The summed E-state index contributed by atoms with van der Waals surface area (Å²) in [5.74, 6) is 0.411. The van der Waals surface area contributed by atoms with Crippen molar-refractivity contribution < 1.29 is 10.2 Å². The zero-order chi connectivity index (χ0) is 16.4. The number of aliphatic hydroxyl groups is 1. The van der Waals surface area contributed by atoms with E-state index in [1.54, 1.807) is 0 Å². The van der Waals surface area contributed by atoms with E-state index in [1.807, 2.05) is 6.92 Å². The van der Waals surface area contributed by atoms with Crippen molar-refractivity contribution in [1.82, 2.24) is 5.32 Å². The molecule has 0 bridgehead atoms. The van der Waals surface area contributed by atoms with Crippen molar-refractivity contribution in [2.24, 2.45) is 0 Å². The second-order valence-electron chi connectivity index (χ2n) is 8.00. The van der Waals surface area contributed by atoms with Crippen LogP contribution in [0.5, 0.6) is 5.75 Å². The lowest BCUT2D eigenvalue weighted by atomic mass is 9.78. The summed E-state index contributed by atoms with van der Waals surface area (Å²) in [6.45, 7) is 15.4. The minimum absolute atomic E-state index is 0.0648. The van der Waals surface area contributed by atoms with Gasteiger partial charge < -0.3 is 15.5 Å². The average molecular weight is 293 g/mol. The van der Waals surface area contributed by atoms with E-state index in [-0.39, 0.29) is 23.5 Å². The third-order valence-electron chi connectivity index (χ3n) is 3.71. The van der Waals surface area contributed by atoms with E-state index in [1.165, 1.54) is 0 Å². The van der Waals surface area contributed by atoms with Crippen LogP contribution in [0.3, 0.4) is 0 Å². The fraction of sp³-hybridized carbons (Fsp3) is 0.667. The number of aromatic hydroxyl groups is 1. The zero-order valence-corrected chi connectivity index (χ0v) is 14.5. The monoisotopic (exact) mass is 293 g/mol. The van der Waals surface area contributed by atoms with Gasteiger partial charge in [-0.05, 0) is 34.4 Å². The van der Waals surface area contributed by atoms with Crippen LogP contribution in [0.1, 0.15) is 65.2 Å². The van der Waals surface area contributed by atoms with Crippen molar-refractivity contribution in [3.63, 3.8) is 0 Å². The Morgan fingerprint density at radius 1 is 1.00 bits per heavy atom. The Labute approximate surface area is 129 Å². The predicted octanol–water partition coefficient (Wildman–Crippen LogP) is 3.46. The highest BCUT2D eigenvalue weighted by Crippen LogP contribution is 2.39. The van der Waals surface area contributed by atoms with Gasteiger partial charge in [0.1, 0.15) is 5.75 Å². The first-order chi connectivity index (χ1) is 9.46. The van der Waals surface area contributed by atoms with Crippen LogP contribution in [0, 0.1) is 0 Å². The lowest BCUT2D eigenvalue weighted by Crippen LogP contribution is -2.29. The number of aliphatic hydroxyl groups excluding tert-OH is 1. The second-order valence-corrected chi connectivity index (χ2v) is 8.00. The molecule has 0 aliphatic carbocycles. The molecule has 1 atom stereocenters. The maximum Gasteiger partial charge on any atom is 0.123 e. The summed E-state index contributed by atoms with van der Waals surface area (Å²) in [6.07, 6.45) is 0. The molecule has 0 aliphatic heterocycles. The van der Waals surface area contributed by atoms with E-state index in [4.69, 9.17) is 5.11 Å². The molecule has 0 aromatic heterocycles. The zero-order valence-electron chi connectivity index (χ0n) is 14.5. The lowest BCUT2D eigenvalue weighted by molar-refractivity contribution is 0.251. The van der Waals surface area contributed by atoms with Crippen molar-refractivity contribution in [1.29, 1.82) is 0 Å². The molecule has 1 unspecified atom stereocenters. The number of hydrogen-bond donors (Lipinski definition) is 3. The molecule has 1 aromatic carbocycles. The minimum Gasteiger partial charge on any atom is -0.507 e. The average Bonchev–Trinajstić information content (AvgIpc) is 2.34. The van der Waals surface area contributed by atoms with Gasteiger partial charge in [0.15, 0.2) is 0 Å². The Hall–Kier alpha value is -1.06. The molecule has 120 valence electrons. The molecule has 0 aliphatic rings. The summed E-state index contributed by atoms with van der Waals surface area (Å²) in [5.41, 5.74) is 2.88. The Bertz CT molecular complexity index is 446. The Morgan fingerprint density at radius 3 is 1.76 bits per heavy atom. The van der Waals surface area contributed by atoms with Crippen LogP contribution in [-0.4, -0.2) is 22.9 Å². The maximum absolute atomic E-state index is 10.6. The van der Waals surface area contributed by atoms with Gasteiger partial charge in [-0.15, -0.1) is 0 Å². The standard InChI is InChI=1S/C18H31NO2/c1-12(11-20)19-10-13-8-14(17(2,3)4)16(21)15(9-13)18(5,6)7/h8-9,12,19-21H,10-11H2,1-7H3.